The summed E-state index contributed by atoms with van der Waals surface area (Å²) in [5, 5.41) is 2.05. The predicted octanol–water partition coefficient (Wildman–Crippen LogP) is 7.79. The summed E-state index contributed by atoms with van der Waals surface area (Å²) >= 11 is 6.15. The van der Waals surface area contributed by atoms with Crippen molar-refractivity contribution >= 4 is 46.2 Å². The standard InChI is InChI=1S/C30H26F6OP2S/c1-21-3-11-25(12-4-21)38(37,26-13-5-22(2)6-14-26)19-20-39(40,27-15-7-23(8-16-27)29(31,32)33)28-17-9-24(10-18-28)30(34,35)36/h3-18H,19-20H2,1-2H3. The molecule has 210 valence electrons. The lowest BCUT2D eigenvalue weighted by Gasteiger charge is -2.27. The van der Waals surface area contributed by atoms with E-state index in [9.17, 15) is 30.9 Å². The van der Waals surface area contributed by atoms with E-state index in [0.29, 0.717) is 21.2 Å². The molecule has 40 heavy (non-hydrogen) atoms. The van der Waals surface area contributed by atoms with Crippen molar-refractivity contribution in [3.63, 3.8) is 0 Å². The van der Waals surface area contributed by atoms with E-state index in [1.165, 1.54) is 24.3 Å². The zero-order valence-corrected chi connectivity index (χ0v) is 24.2. The molecule has 0 heterocycles. The molecule has 0 aliphatic carbocycles. The Hall–Kier alpha value is -2.66. The van der Waals surface area contributed by atoms with Crippen LogP contribution in [0, 0.1) is 13.8 Å². The van der Waals surface area contributed by atoms with Crippen molar-refractivity contribution in [2.75, 3.05) is 12.3 Å². The first-order chi connectivity index (χ1) is 18.6. The molecule has 0 amide bonds. The monoisotopic (exact) mass is 610 g/mol. The van der Waals surface area contributed by atoms with Gasteiger partial charge in [0.05, 0.1) is 11.1 Å². The van der Waals surface area contributed by atoms with Crippen molar-refractivity contribution in [2.45, 2.75) is 26.2 Å². The largest absolute Gasteiger partial charge is 0.416 e. The molecule has 10 heteroatoms. The minimum Gasteiger partial charge on any atom is -0.314 e. The molecule has 0 N–H and O–H groups in total. The molecule has 1 nitrogen and oxygen atoms in total. The van der Waals surface area contributed by atoms with Gasteiger partial charge in [-0.05, 0) is 54.9 Å². The number of hydrogen-bond acceptors (Lipinski definition) is 2. The summed E-state index contributed by atoms with van der Waals surface area (Å²) in [4.78, 5) is 0. The molecular weight excluding hydrogens is 584 g/mol. The highest BCUT2D eigenvalue weighted by molar-refractivity contribution is 8.22. The summed E-state index contributed by atoms with van der Waals surface area (Å²) in [5.41, 5.74) is 0.267. The zero-order valence-electron chi connectivity index (χ0n) is 21.6. The summed E-state index contributed by atoms with van der Waals surface area (Å²) in [5.74, 6) is 0. The van der Waals surface area contributed by atoms with Gasteiger partial charge in [-0.2, -0.15) is 26.3 Å². The maximum Gasteiger partial charge on any atom is 0.416 e. The fraction of sp³-hybridized carbons (Fsp3) is 0.200. The first-order valence-corrected chi connectivity index (χ1v) is 17.2. The molecule has 0 fully saturated rings. The first kappa shape index (κ1) is 30.3. The molecule has 0 atom stereocenters. The average Bonchev–Trinajstić information content (AvgIpc) is 2.91. The van der Waals surface area contributed by atoms with Crippen LogP contribution in [0.2, 0.25) is 0 Å². The van der Waals surface area contributed by atoms with Crippen LogP contribution < -0.4 is 21.2 Å². The molecule has 0 bridgehead atoms. The van der Waals surface area contributed by atoms with Crippen molar-refractivity contribution in [1.82, 2.24) is 0 Å². The third kappa shape index (κ3) is 6.46. The zero-order chi connectivity index (χ0) is 29.3. The van der Waals surface area contributed by atoms with Gasteiger partial charge in [0, 0.05) is 22.8 Å². The van der Waals surface area contributed by atoms with Gasteiger partial charge in [-0.1, -0.05) is 95.7 Å². The quantitative estimate of drug-likeness (QED) is 0.157. The van der Waals surface area contributed by atoms with Gasteiger partial charge in [-0.25, -0.2) is 0 Å². The Kier molecular flexibility index (Phi) is 8.57. The van der Waals surface area contributed by atoms with E-state index in [1.54, 1.807) is 24.3 Å². The highest BCUT2D eigenvalue weighted by Gasteiger charge is 2.35. The van der Waals surface area contributed by atoms with Crippen molar-refractivity contribution in [3.8, 4) is 0 Å². The number of halogens is 6. The van der Waals surface area contributed by atoms with Crippen LogP contribution in [0.25, 0.3) is 0 Å². The second-order valence-electron chi connectivity index (χ2n) is 9.69. The van der Waals surface area contributed by atoms with E-state index < -0.39 is 36.7 Å². The summed E-state index contributed by atoms with van der Waals surface area (Å²) in [7, 11) is -3.27. The number of hydrogen-bond donors (Lipinski definition) is 0. The second kappa shape index (κ2) is 11.3. The van der Waals surface area contributed by atoms with Crippen LogP contribution >= 0.6 is 13.2 Å². The summed E-state index contributed by atoms with van der Waals surface area (Å²) in [6, 6.07) is 20.5. The Morgan fingerprint density at radius 1 is 0.525 bits per heavy atom. The van der Waals surface area contributed by atoms with Gasteiger partial charge in [-0.3, -0.25) is 0 Å². The lowest BCUT2D eigenvalue weighted by molar-refractivity contribution is -0.138. The van der Waals surface area contributed by atoms with Gasteiger partial charge in [0.25, 0.3) is 0 Å². The minimum atomic E-state index is -4.55. The lowest BCUT2D eigenvalue weighted by atomic mass is 10.2. The highest BCUT2D eigenvalue weighted by atomic mass is 32.4. The molecule has 0 aliphatic heterocycles. The van der Waals surface area contributed by atoms with Crippen molar-refractivity contribution in [2.24, 2.45) is 0 Å². The molecule has 0 spiro atoms. The summed E-state index contributed by atoms with van der Waals surface area (Å²) in [6.45, 7) is 3.82. The smallest absolute Gasteiger partial charge is 0.314 e. The second-order valence-corrected chi connectivity index (χ2v) is 17.5. The van der Waals surface area contributed by atoms with Gasteiger partial charge in [-0.15, -0.1) is 0 Å². The van der Waals surface area contributed by atoms with E-state index in [0.717, 1.165) is 35.4 Å². The van der Waals surface area contributed by atoms with E-state index in [2.05, 4.69) is 0 Å². The Labute approximate surface area is 234 Å². The number of benzene rings is 4. The van der Waals surface area contributed by atoms with Gasteiger partial charge in [0.1, 0.15) is 7.14 Å². The minimum absolute atomic E-state index is 0.0957. The molecule has 0 aliphatic rings. The average molecular weight is 611 g/mol. The van der Waals surface area contributed by atoms with Crippen LogP contribution in [0.5, 0.6) is 0 Å². The maximum absolute atomic E-state index is 14.8. The van der Waals surface area contributed by atoms with Crippen LogP contribution in [0.1, 0.15) is 22.3 Å². The number of aryl methyl sites for hydroxylation is 2. The van der Waals surface area contributed by atoms with Crippen LogP contribution in [0.15, 0.2) is 97.1 Å². The summed E-state index contributed by atoms with van der Waals surface area (Å²) < 4.78 is 94.4. The summed E-state index contributed by atoms with van der Waals surface area (Å²) in [6.07, 6.45) is -8.87. The van der Waals surface area contributed by atoms with E-state index >= 15 is 0 Å². The SMILES string of the molecule is Cc1ccc(P(=O)(CCP(=S)(c2ccc(C(F)(F)F)cc2)c2ccc(C(F)(F)F)cc2)c2ccc(C)cc2)cc1. The molecule has 0 radical (unpaired) electrons. The van der Waals surface area contributed by atoms with Crippen LogP contribution in [-0.4, -0.2) is 12.3 Å². The third-order valence-electron chi connectivity index (χ3n) is 6.86. The highest BCUT2D eigenvalue weighted by Crippen LogP contribution is 2.51. The fourth-order valence-corrected chi connectivity index (χ4v) is 12.3. The Morgan fingerprint density at radius 2 is 0.825 bits per heavy atom. The predicted molar refractivity (Wildman–Crippen MR) is 155 cm³/mol. The molecule has 0 unspecified atom stereocenters. The molecule has 0 aromatic heterocycles. The Morgan fingerprint density at radius 3 is 1.12 bits per heavy atom. The Bertz CT molecular complexity index is 1450. The van der Waals surface area contributed by atoms with E-state index in [-0.39, 0.29) is 12.3 Å². The molecular formula is C30H26F6OP2S. The van der Waals surface area contributed by atoms with E-state index in [4.69, 9.17) is 11.8 Å². The van der Waals surface area contributed by atoms with Crippen molar-refractivity contribution in [3.05, 3.63) is 119 Å². The fourth-order valence-electron chi connectivity index (χ4n) is 4.45. The normalized spacial score (nSPS) is 12.9. The number of rotatable bonds is 7. The third-order valence-corrected chi connectivity index (χ3v) is 15.3. The number of alkyl halides is 6. The maximum atomic E-state index is 14.8. The van der Waals surface area contributed by atoms with Gasteiger partial charge in [0.15, 0.2) is 0 Å². The molecule has 0 saturated heterocycles. The van der Waals surface area contributed by atoms with Crippen LogP contribution in [0.3, 0.4) is 0 Å². The molecule has 4 rings (SSSR count). The van der Waals surface area contributed by atoms with E-state index in [1.807, 2.05) is 38.1 Å². The Balaban J connectivity index is 1.82. The lowest BCUT2D eigenvalue weighted by Crippen LogP contribution is -2.25. The molecule has 0 saturated carbocycles. The van der Waals surface area contributed by atoms with Gasteiger partial charge >= 0.3 is 12.4 Å². The van der Waals surface area contributed by atoms with Gasteiger partial charge in [0.2, 0.25) is 0 Å². The first-order valence-electron chi connectivity index (χ1n) is 12.3. The van der Waals surface area contributed by atoms with Gasteiger partial charge < -0.3 is 4.57 Å². The molecule has 4 aromatic carbocycles. The topological polar surface area (TPSA) is 17.1 Å². The van der Waals surface area contributed by atoms with Crippen LogP contribution in [0.4, 0.5) is 26.3 Å². The molecule has 4 aromatic rings. The van der Waals surface area contributed by atoms with Crippen LogP contribution in [-0.2, 0) is 28.7 Å². The van der Waals surface area contributed by atoms with Crippen molar-refractivity contribution < 1.29 is 30.9 Å². The van der Waals surface area contributed by atoms with Crippen molar-refractivity contribution in [1.29, 1.82) is 0 Å².